The number of hydrogen-bond acceptors (Lipinski definition) is 5. The van der Waals surface area contributed by atoms with E-state index in [2.05, 4.69) is 5.92 Å². The molecule has 1 aromatic rings. The van der Waals surface area contributed by atoms with Crippen molar-refractivity contribution in [1.29, 1.82) is 10.5 Å². The molecule has 0 bridgehead atoms. The summed E-state index contributed by atoms with van der Waals surface area (Å²) in [6.07, 6.45) is 5.05. The number of amides is 1. The minimum absolute atomic E-state index is 0.0926. The van der Waals surface area contributed by atoms with Crippen LogP contribution in [0.15, 0.2) is 17.7 Å². The van der Waals surface area contributed by atoms with Gasteiger partial charge in [-0.3, -0.25) is 4.79 Å². The molecule has 0 unspecified atom stereocenters. The number of benzene rings is 1. The zero-order valence-electron chi connectivity index (χ0n) is 11.5. The number of terminal acetylenes is 1. The van der Waals surface area contributed by atoms with Gasteiger partial charge in [0.15, 0.2) is 17.1 Å². The molecule has 0 aliphatic heterocycles. The molecule has 1 aromatic carbocycles. The molecule has 0 saturated heterocycles. The zero-order valence-corrected chi connectivity index (χ0v) is 11.5. The Morgan fingerprint density at radius 3 is 2.59 bits per heavy atom. The Kier molecular flexibility index (Phi) is 5.11. The highest BCUT2D eigenvalue weighted by Gasteiger charge is 2.21. The molecule has 0 saturated carbocycles. The van der Waals surface area contributed by atoms with Gasteiger partial charge in [0.05, 0.1) is 12.1 Å². The Bertz CT molecular complexity index is 779. The van der Waals surface area contributed by atoms with E-state index < -0.39 is 34.4 Å². The molecule has 0 aliphatic carbocycles. The summed E-state index contributed by atoms with van der Waals surface area (Å²) < 4.78 is 13.5. The van der Waals surface area contributed by atoms with E-state index in [-0.39, 0.29) is 12.1 Å². The number of aliphatic hydroxyl groups is 1. The van der Waals surface area contributed by atoms with Crippen LogP contribution in [0.25, 0.3) is 5.76 Å². The first kappa shape index (κ1) is 16.6. The van der Waals surface area contributed by atoms with Gasteiger partial charge in [-0.1, -0.05) is 5.92 Å². The van der Waals surface area contributed by atoms with E-state index in [0.717, 1.165) is 11.0 Å². The molecule has 0 spiro atoms. The van der Waals surface area contributed by atoms with Gasteiger partial charge in [-0.2, -0.15) is 10.5 Å². The Balaban J connectivity index is 3.44. The summed E-state index contributed by atoms with van der Waals surface area (Å²) in [7, 11) is 1.32. The standard InChI is InChI=1S/C15H10FN3O3/c1-3-4-19(2)15(22)11(8-18)13(20)9-5-10(7-17)14(21)12(16)6-9/h1,5-6,20-21H,4H2,2H3/b13-11-. The number of carbonyl (C=O) groups is 1. The fourth-order valence-electron chi connectivity index (χ4n) is 1.57. The summed E-state index contributed by atoms with van der Waals surface area (Å²) >= 11 is 0. The van der Waals surface area contributed by atoms with Crippen molar-refractivity contribution in [2.45, 2.75) is 0 Å². The van der Waals surface area contributed by atoms with E-state index in [1.807, 2.05) is 0 Å². The second kappa shape index (κ2) is 6.78. The molecule has 0 atom stereocenters. The molecule has 0 aromatic heterocycles. The maximum atomic E-state index is 13.5. The summed E-state index contributed by atoms with van der Waals surface area (Å²) in [4.78, 5) is 13.0. The normalized spacial score (nSPS) is 10.7. The van der Waals surface area contributed by atoms with E-state index in [1.54, 1.807) is 0 Å². The van der Waals surface area contributed by atoms with Crippen LogP contribution in [0.5, 0.6) is 5.75 Å². The van der Waals surface area contributed by atoms with Crippen LogP contribution >= 0.6 is 0 Å². The molecule has 2 N–H and O–H groups in total. The van der Waals surface area contributed by atoms with Crippen molar-refractivity contribution >= 4 is 11.7 Å². The fourth-order valence-corrected chi connectivity index (χ4v) is 1.57. The van der Waals surface area contributed by atoms with Gasteiger partial charge in [0.25, 0.3) is 5.91 Å². The summed E-state index contributed by atoms with van der Waals surface area (Å²) in [6.45, 7) is -0.0926. The topological polar surface area (TPSA) is 108 Å². The number of aliphatic hydroxyl groups excluding tert-OH is 1. The minimum atomic E-state index is -1.16. The molecule has 0 fully saturated rings. The molecular weight excluding hydrogens is 289 g/mol. The van der Waals surface area contributed by atoms with E-state index in [4.69, 9.17) is 16.9 Å². The van der Waals surface area contributed by atoms with Gasteiger partial charge >= 0.3 is 0 Å². The van der Waals surface area contributed by atoms with Gasteiger partial charge in [0.2, 0.25) is 0 Å². The number of nitriles is 2. The number of phenolic OH excluding ortho intramolecular Hbond substituents is 1. The molecule has 6 nitrogen and oxygen atoms in total. The molecular formula is C15H10FN3O3. The number of rotatable bonds is 3. The van der Waals surface area contributed by atoms with E-state index in [0.29, 0.717) is 6.07 Å². The zero-order chi connectivity index (χ0) is 16.9. The third-order valence-corrected chi connectivity index (χ3v) is 2.69. The number of aromatic hydroxyl groups is 1. The van der Waals surface area contributed by atoms with E-state index in [1.165, 1.54) is 19.2 Å². The third-order valence-electron chi connectivity index (χ3n) is 2.69. The number of halogens is 1. The number of likely N-dealkylation sites (N-methyl/N-ethyl adjacent to an activating group) is 1. The van der Waals surface area contributed by atoms with Gasteiger partial charge in [-0.15, -0.1) is 6.42 Å². The van der Waals surface area contributed by atoms with Gasteiger partial charge in [-0.25, -0.2) is 4.39 Å². The molecule has 7 heteroatoms. The van der Waals surface area contributed by atoms with Crippen LogP contribution in [-0.2, 0) is 4.79 Å². The maximum absolute atomic E-state index is 13.5. The SMILES string of the molecule is C#CCN(C)C(=O)/C(C#N)=C(\O)c1cc(F)c(O)c(C#N)c1. The van der Waals surface area contributed by atoms with Crippen molar-refractivity contribution in [2.75, 3.05) is 13.6 Å². The van der Waals surface area contributed by atoms with Crippen molar-refractivity contribution in [3.05, 3.63) is 34.6 Å². The second-order valence-electron chi connectivity index (χ2n) is 4.17. The molecule has 0 aliphatic rings. The highest BCUT2D eigenvalue weighted by atomic mass is 19.1. The van der Waals surface area contributed by atoms with E-state index in [9.17, 15) is 19.4 Å². The lowest BCUT2D eigenvalue weighted by Gasteiger charge is -2.14. The van der Waals surface area contributed by atoms with Crippen LogP contribution in [0.4, 0.5) is 4.39 Å². The Morgan fingerprint density at radius 1 is 1.45 bits per heavy atom. The molecule has 22 heavy (non-hydrogen) atoms. The monoisotopic (exact) mass is 299 g/mol. The van der Waals surface area contributed by atoms with Crippen LogP contribution in [-0.4, -0.2) is 34.6 Å². The number of hydrogen-bond donors (Lipinski definition) is 2. The number of carbonyl (C=O) groups excluding carboxylic acids is 1. The van der Waals surface area contributed by atoms with Crippen LogP contribution < -0.4 is 0 Å². The third kappa shape index (κ3) is 3.15. The molecule has 1 rings (SSSR count). The number of nitrogens with zero attached hydrogens (tertiary/aromatic N) is 3. The van der Waals surface area contributed by atoms with Crippen molar-refractivity contribution in [1.82, 2.24) is 4.90 Å². The first-order valence-corrected chi connectivity index (χ1v) is 5.82. The minimum Gasteiger partial charge on any atom is -0.506 e. The smallest absolute Gasteiger partial charge is 0.268 e. The Hall–Kier alpha value is -3.50. The van der Waals surface area contributed by atoms with Gasteiger partial charge in [0, 0.05) is 12.6 Å². The van der Waals surface area contributed by atoms with Crippen LogP contribution in [0.3, 0.4) is 0 Å². The van der Waals surface area contributed by atoms with Crippen LogP contribution in [0.2, 0.25) is 0 Å². The Labute approximate surface area is 125 Å². The summed E-state index contributed by atoms with van der Waals surface area (Å²) in [5.74, 6) is -1.52. The average molecular weight is 299 g/mol. The lowest BCUT2D eigenvalue weighted by Crippen LogP contribution is -2.28. The summed E-state index contributed by atoms with van der Waals surface area (Å²) in [5, 5.41) is 37.1. The van der Waals surface area contributed by atoms with Gasteiger partial charge in [-0.05, 0) is 12.1 Å². The van der Waals surface area contributed by atoms with Crippen LogP contribution in [0.1, 0.15) is 11.1 Å². The van der Waals surface area contributed by atoms with Crippen molar-refractivity contribution in [2.24, 2.45) is 0 Å². The lowest BCUT2D eigenvalue weighted by atomic mass is 10.0. The molecule has 1 amide bonds. The molecule has 0 radical (unpaired) electrons. The second-order valence-corrected chi connectivity index (χ2v) is 4.17. The Morgan fingerprint density at radius 2 is 2.09 bits per heavy atom. The van der Waals surface area contributed by atoms with Gasteiger partial charge < -0.3 is 15.1 Å². The lowest BCUT2D eigenvalue weighted by molar-refractivity contribution is -0.124. The summed E-state index contributed by atoms with van der Waals surface area (Å²) in [5.41, 5.74) is -1.39. The van der Waals surface area contributed by atoms with Crippen molar-refractivity contribution in [3.63, 3.8) is 0 Å². The first-order valence-electron chi connectivity index (χ1n) is 5.82. The van der Waals surface area contributed by atoms with Crippen LogP contribution in [0, 0.1) is 40.8 Å². The predicted octanol–water partition coefficient (Wildman–Crippen LogP) is 1.29. The predicted molar refractivity (Wildman–Crippen MR) is 74.4 cm³/mol. The summed E-state index contributed by atoms with van der Waals surface area (Å²) in [6, 6.07) is 4.71. The highest BCUT2D eigenvalue weighted by molar-refractivity contribution is 6.03. The molecule has 110 valence electrons. The highest BCUT2D eigenvalue weighted by Crippen LogP contribution is 2.26. The number of phenols is 1. The largest absolute Gasteiger partial charge is 0.506 e. The average Bonchev–Trinajstić information content (AvgIpc) is 2.50. The maximum Gasteiger partial charge on any atom is 0.268 e. The van der Waals surface area contributed by atoms with Crippen molar-refractivity contribution < 1.29 is 19.4 Å². The fraction of sp³-hybridized carbons (Fsp3) is 0.133. The first-order chi connectivity index (χ1) is 10.4. The quantitative estimate of drug-likeness (QED) is 0.378. The molecule has 0 heterocycles. The van der Waals surface area contributed by atoms with E-state index >= 15 is 0 Å². The van der Waals surface area contributed by atoms with Crippen molar-refractivity contribution in [3.8, 4) is 30.2 Å². The van der Waals surface area contributed by atoms with Gasteiger partial charge in [0.1, 0.15) is 17.9 Å².